The van der Waals surface area contributed by atoms with Crippen LogP contribution in [0.15, 0.2) is 59.2 Å². The number of aromatic amines is 1. The number of hydrogen-bond acceptors (Lipinski definition) is 2. The van der Waals surface area contributed by atoms with E-state index in [1.54, 1.807) is 11.1 Å². The van der Waals surface area contributed by atoms with E-state index in [9.17, 15) is 9.59 Å². The van der Waals surface area contributed by atoms with Crippen LogP contribution >= 0.6 is 15.9 Å². The molecule has 0 bridgehead atoms. The molecule has 3 aromatic rings. The number of anilines is 1. The van der Waals surface area contributed by atoms with Crippen molar-refractivity contribution in [2.24, 2.45) is 5.92 Å². The molecule has 0 atom stereocenters. The number of halogens is 1. The Hall–Kier alpha value is -2.60. The maximum Gasteiger partial charge on any atom is 0.256 e. The van der Waals surface area contributed by atoms with Crippen LogP contribution < -0.4 is 5.32 Å². The Kier molecular flexibility index (Phi) is 4.05. The molecule has 2 N–H and O–H groups in total. The molecule has 1 aliphatic heterocycles. The Morgan fingerprint density at radius 2 is 1.92 bits per heavy atom. The van der Waals surface area contributed by atoms with E-state index in [2.05, 4.69) is 26.2 Å². The summed E-state index contributed by atoms with van der Waals surface area (Å²) in [7, 11) is 0. The number of hydrogen-bond donors (Lipinski definition) is 2. The van der Waals surface area contributed by atoms with Gasteiger partial charge in [-0.3, -0.25) is 9.59 Å². The van der Waals surface area contributed by atoms with Crippen molar-refractivity contribution < 1.29 is 9.59 Å². The summed E-state index contributed by atoms with van der Waals surface area (Å²) in [5.41, 5.74) is 2.34. The second kappa shape index (κ2) is 6.37. The summed E-state index contributed by atoms with van der Waals surface area (Å²) < 4.78 is 0.912. The number of carbonyl (C=O) groups excluding carboxylic acids is 2. The first-order chi connectivity index (χ1) is 12.1. The zero-order valence-electron chi connectivity index (χ0n) is 13.3. The van der Waals surface area contributed by atoms with E-state index in [4.69, 9.17) is 0 Å². The molecule has 0 unspecified atom stereocenters. The largest absolute Gasteiger partial charge is 0.360 e. The number of benzene rings is 2. The van der Waals surface area contributed by atoms with Crippen molar-refractivity contribution in [1.29, 1.82) is 0 Å². The van der Waals surface area contributed by atoms with E-state index in [1.165, 1.54) is 0 Å². The summed E-state index contributed by atoms with van der Waals surface area (Å²) in [5.74, 6) is -0.266. The van der Waals surface area contributed by atoms with Crippen LogP contribution in [0.2, 0.25) is 0 Å². The molecule has 0 aliphatic carbocycles. The predicted octanol–water partition coefficient (Wildman–Crippen LogP) is 3.64. The van der Waals surface area contributed by atoms with E-state index in [1.807, 2.05) is 48.5 Å². The number of nitrogens with one attached hydrogen (secondary N) is 2. The Labute approximate surface area is 153 Å². The van der Waals surface area contributed by atoms with Crippen molar-refractivity contribution in [2.75, 3.05) is 18.4 Å². The second-order valence-electron chi connectivity index (χ2n) is 6.15. The minimum atomic E-state index is -0.173. The Balaban J connectivity index is 1.40. The van der Waals surface area contributed by atoms with Crippen molar-refractivity contribution in [2.45, 2.75) is 0 Å². The average molecular weight is 398 g/mol. The highest BCUT2D eigenvalue weighted by Crippen LogP contribution is 2.25. The third kappa shape index (κ3) is 3.05. The third-order valence-corrected chi connectivity index (χ3v) is 4.94. The lowest BCUT2D eigenvalue weighted by Gasteiger charge is -2.38. The molecule has 2 amide bonds. The maximum absolute atomic E-state index is 12.6. The van der Waals surface area contributed by atoms with Crippen LogP contribution in [-0.2, 0) is 4.79 Å². The number of para-hydroxylation sites is 1. The lowest BCUT2D eigenvalue weighted by molar-refractivity contribution is -0.123. The van der Waals surface area contributed by atoms with Gasteiger partial charge in [-0.15, -0.1) is 0 Å². The second-order valence-corrected chi connectivity index (χ2v) is 7.07. The first-order valence-corrected chi connectivity index (χ1v) is 8.83. The van der Waals surface area contributed by atoms with Crippen molar-refractivity contribution in [1.82, 2.24) is 9.88 Å². The summed E-state index contributed by atoms with van der Waals surface area (Å²) in [6.07, 6.45) is 1.74. The minimum Gasteiger partial charge on any atom is -0.360 e. The highest BCUT2D eigenvalue weighted by molar-refractivity contribution is 9.10. The fraction of sp³-hybridized carbons (Fsp3) is 0.158. The average Bonchev–Trinajstić information content (AvgIpc) is 2.97. The topological polar surface area (TPSA) is 65.2 Å². The zero-order valence-corrected chi connectivity index (χ0v) is 14.9. The summed E-state index contributed by atoms with van der Waals surface area (Å²) in [5, 5.41) is 3.81. The van der Waals surface area contributed by atoms with Gasteiger partial charge in [0.25, 0.3) is 5.91 Å². The number of nitrogens with zero attached hydrogens (tertiary/aromatic N) is 1. The molecule has 1 aliphatic rings. The molecule has 25 heavy (non-hydrogen) atoms. The summed E-state index contributed by atoms with van der Waals surface area (Å²) >= 11 is 3.38. The van der Waals surface area contributed by atoms with Gasteiger partial charge >= 0.3 is 0 Å². The number of carbonyl (C=O) groups is 2. The van der Waals surface area contributed by atoms with E-state index >= 15 is 0 Å². The molecule has 4 rings (SSSR count). The molecule has 126 valence electrons. The quantitative estimate of drug-likeness (QED) is 0.708. The minimum absolute atomic E-state index is 0.0380. The van der Waals surface area contributed by atoms with Gasteiger partial charge in [-0.25, -0.2) is 0 Å². The molecule has 2 aromatic carbocycles. The molecule has 1 fully saturated rings. The van der Waals surface area contributed by atoms with Gasteiger partial charge in [-0.2, -0.15) is 0 Å². The zero-order chi connectivity index (χ0) is 17.4. The predicted molar refractivity (Wildman–Crippen MR) is 100 cm³/mol. The molecule has 6 heteroatoms. The van der Waals surface area contributed by atoms with Gasteiger partial charge in [-0.1, -0.05) is 40.2 Å². The molecule has 0 saturated carbocycles. The van der Waals surface area contributed by atoms with Gasteiger partial charge in [0.15, 0.2) is 0 Å². The standard InChI is InChI=1S/C19H16BrN3O2/c20-13-4-3-5-14(8-13)22-18(24)12-10-23(11-12)19(25)16-9-21-17-7-2-1-6-15(16)17/h1-9,12,21H,10-11H2,(H,22,24). The first kappa shape index (κ1) is 15.9. The van der Waals surface area contributed by atoms with Gasteiger partial charge in [0.2, 0.25) is 5.91 Å². The SMILES string of the molecule is O=C(Nc1cccc(Br)c1)C1CN(C(=O)c2c[nH]c3ccccc23)C1. The number of amides is 2. The number of likely N-dealkylation sites (tertiary alicyclic amines) is 1. The first-order valence-electron chi connectivity index (χ1n) is 8.03. The van der Waals surface area contributed by atoms with E-state index in [0.717, 1.165) is 21.1 Å². The molecular weight excluding hydrogens is 382 g/mol. The summed E-state index contributed by atoms with van der Waals surface area (Å²) in [4.78, 5) is 29.8. The van der Waals surface area contributed by atoms with Crippen molar-refractivity contribution >= 4 is 44.3 Å². The molecule has 0 radical (unpaired) electrons. The van der Waals surface area contributed by atoms with Crippen molar-refractivity contribution in [3.8, 4) is 0 Å². The molecule has 1 saturated heterocycles. The summed E-state index contributed by atoms with van der Waals surface area (Å²) in [6.45, 7) is 0.885. The number of fused-ring (bicyclic) bond motifs is 1. The van der Waals surface area contributed by atoms with Crippen LogP contribution in [0, 0.1) is 5.92 Å². The molecule has 2 heterocycles. The molecule has 0 spiro atoms. The fourth-order valence-corrected chi connectivity index (χ4v) is 3.44. The Morgan fingerprint density at radius 3 is 2.72 bits per heavy atom. The van der Waals surface area contributed by atoms with E-state index in [0.29, 0.717) is 18.7 Å². The Morgan fingerprint density at radius 1 is 1.12 bits per heavy atom. The lowest BCUT2D eigenvalue weighted by Crippen LogP contribution is -2.54. The van der Waals surface area contributed by atoms with Crippen LogP contribution in [0.25, 0.3) is 10.9 Å². The van der Waals surface area contributed by atoms with E-state index in [-0.39, 0.29) is 17.7 Å². The lowest BCUT2D eigenvalue weighted by atomic mass is 9.97. The van der Waals surface area contributed by atoms with Crippen molar-refractivity contribution in [3.63, 3.8) is 0 Å². The summed E-state index contributed by atoms with van der Waals surface area (Å²) in [6, 6.07) is 15.2. The maximum atomic E-state index is 12.6. The van der Waals surface area contributed by atoms with Crippen molar-refractivity contribution in [3.05, 3.63) is 64.8 Å². The van der Waals surface area contributed by atoms with Crippen LogP contribution in [-0.4, -0.2) is 34.8 Å². The monoisotopic (exact) mass is 397 g/mol. The van der Waals surface area contributed by atoms with Gasteiger partial charge in [-0.05, 0) is 24.3 Å². The Bertz CT molecular complexity index is 960. The smallest absolute Gasteiger partial charge is 0.256 e. The number of H-pyrrole nitrogens is 1. The van der Waals surface area contributed by atoms with Gasteiger partial charge in [0, 0.05) is 40.3 Å². The van der Waals surface area contributed by atoms with Crippen LogP contribution in [0.3, 0.4) is 0 Å². The van der Waals surface area contributed by atoms with Crippen LogP contribution in [0.4, 0.5) is 5.69 Å². The molecule has 1 aromatic heterocycles. The molecular formula is C19H16BrN3O2. The molecule has 5 nitrogen and oxygen atoms in total. The van der Waals surface area contributed by atoms with Gasteiger partial charge < -0.3 is 15.2 Å². The van der Waals surface area contributed by atoms with Crippen LogP contribution in [0.5, 0.6) is 0 Å². The fourth-order valence-electron chi connectivity index (χ4n) is 3.04. The highest BCUT2D eigenvalue weighted by atomic mass is 79.9. The number of aromatic nitrogens is 1. The van der Waals surface area contributed by atoms with Gasteiger partial charge in [0.05, 0.1) is 11.5 Å². The van der Waals surface area contributed by atoms with Crippen LogP contribution in [0.1, 0.15) is 10.4 Å². The van der Waals surface area contributed by atoms with Gasteiger partial charge in [0.1, 0.15) is 0 Å². The third-order valence-electron chi connectivity index (χ3n) is 4.45. The van der Waals surface area contributed by atoms with E-state index < -0.39 is 0 Å². The highest BCUT2D eigenvalue weighted by Gasteiger charge is 2.36. The normalized spacial score (nSPS) is 14.4. The number of rotatable bonds is 3.